The third-order valence-electron chi connectivity index (χ3n) is 19.7. The zero-order valence-corrected chi connectivity index (χ0v) is 82.0. The van der Waals surface area contributed by atoms with Gasteiger partial charge >= 0.3 is 64.0 Å². The van der Waals surface area contributed by atoms with Gasteiger partial charge in [0.05, 0.1) is 54.9 Å². The number of anilines is 3. The number of ether oxygens (including phenoxy) is 4. The van der Waals surface area contributed by atoms with Gasteiger partial charge in [0.2, 0.25) is 27.8 Å². The van der Waals surface area contributed by atoms with Gasteiger partial charge in [0.25, 0.3) is 0 Å². The molecule has 3 saturated heterocycles. The molecule has 3 radical (unpaired) electrons. The Balaban J connectivity index is 0.000000404. The molecule has 0 unspecified atom stereocenters. The average Bonchev–Trinajstić information content (AvgIpc) is 1.56. The number of halogens is 3. The second-order valence-electron chi connectivity index (χ2n) is 29.4. The van der Waals surface area contributed by atoms with Gasteiger partial charge in [-0.25, -0.2) is 39.3 Å². The summed E-state index contributed by atoms with van der Waals surface area (Å²) in [6.07, 6.45) is 23.6. The van der Waals surface area contributed by atoms with Crippen LogP contribution < -0.4 is 64.9 Å². The quantitative estimate of drug-likeness (QED) is 0.00934. The number of rotatable bonds is 22. The predicted octanol–water partition coefficient (Wildman–Crippen LogP) is 6.63. The third kappa shape index (κ3) is 38.3. The monoisotopic (exact) mass is 1910 g/mol. The van der Waals surface area contributed by atoms with E-state index in [1.807, 2.05) is 108 Å². The number of piperazine rings is 3. The van der Waals surface area contributed by atoms with Gasteiger partial charge in [-0.3, -0.25) is 34.1 Å². The van der Waals surface area contributed by atoms with Crippen LogP contribution in [0.3, 0.4) is 0 Å². The molecule has 37 nitrogen and oxygen atoms in total. The number of aromatic nitrogens is 12. The topological polar surface area (TPSA) is 437 Å². The van der Waals surface area contributed by atoms with Crippen LogP contribution in [0.15, 0.2) is 98.6 Å². The Morgan fingerprint density at radius 2 is 0.808 bits per heavy atom. The van der Waals surface area contributed by atoms with Crippen molar-refractivity contribution in [3.63, 3.8) is 0 Å². The molecule has 10 aromatic rings. The van der Waals surface area contributed by atoms with Crippen LogP contribution in [0.5, 0.6) is 23.0 Å². The molecule has 0 bridgehead atoms. The van der Waals surface area contributed by atoms with Gasteiger partial charge in [-0.15, -0.1) is 0 Å². The van der Waals surface area contributed by atoms with Crippen LogP contribution in [0.25, 0.3) is 23.3 Å². The maximum absolute atomic E-state index is 10.8. The summed E-state index contributed by atoms with van der Waals surface area (Å²) in [7, 11) is 10.8. The number of nitrogens with one attached hydrogen (secondary N) is 2. The Morgan fingerprint density at radius 1 is 0.469 bits per heavy atom. The van der Waals surface area contributed by atoms with E-state index in [0.717, 1.165) is 210 Å². The molecular formula is C87H122BCl3MnN20NaO17. The molecule has 3 aliphatic heterocycles. The van der Waals surface area contributed by atoms with E-state index in [0.29, 0.717) is 46.9 Å². The summed E-state index contributed by atoms with van der Waals surface area (Å²) in [6.45, 7) is 40.7. The Labute approximate surface area is 804 Å². The number of nitrogen functional groups attached to an aromatic ring is 1. The molecule has 8 aromatic heterocycles. The van der Waals surface area contributed by atoms with Crippen LogP contribution >= 0.6 is 34.8 Å². The number of aliphatic hydroxyl groups excluding tert-OH is 4. The Morgan fingerprint density at radius 3 is 1.15 bits per heavy atom. The van der Waals surface area contributed by atoms with Crippen LogP contribution in [0.2, 0.25) is 15.9 Å². The van der Waals surface area contributed by atoms with E-state index in [4.69, 9.17) is 92.6 Å². The first-order chi connectivity index (χ1) is 61.1. The number of aryl methyl sites for hydroxylation is 10. The fraction of sp³-hybridized carbons (Fsp3) is 0.448. The first-order valence-corrected chi connectivity index (χ1v) is 42.6. The molecule has 130 heavy (non-hydrogen) atoms. The molecule has 0 saturated carbocycles. The first-order valence-electron chi connectivity index (χ1n) is 40.5. The number of aldehydes is 1. The van der Waals surface area contributed by atoms with Crippen LogP contribution in [0.1, 0.15) is 111 Å². The number of nitrogens with two attached hydrogens (primary N) is 1. The van der Waals surface area contributed by atoms with Crippen molar-refractivity contribution in [3.8, 4) is 46.3 Å². The van der Waals surface area contributed by atoms with Crippen molar-refractivity contribution in [1.82, 2.24) is 88.0 Å². The number of methoxy groups -OCH3 is 4. The summed E-state index contributed by atoms with van der Waals surface area (Å²) in [5.41, 5.74) is 21.5. The molecule has 0 spiro atoms. The third-order valence-corrected chi connectivity index (χ3v) is 20.2. The fourth-order valence-corrected chi connectivity index (χ4v) is 13.5. The maximum atomic E-state index is 10.8. The SMILES string of the molecule is C.CC(=O)OOC(C)=O.COc1cc(N)cc(C)c1OC.COc1cc(Nc2ncc(C)c(-n3cc(C)c(CN4CCN(CCO)CC4)c3)n2)cc(C)c1OC.Cc1cn(-c2nc(Cl)ncc2C)cc1C=O.Cc1cn(-c2nc(Cl)ncc2C)cc1CN1CCN(CCO)CC1.Cc1cn(-c2nc(Cl)ncc2C)cc1CO.OCCN1CCNCC1.[B-]OC(C)=O.[Na+].[O]=[Mn]=[O]. The number of benzene rings is 2. The predicted molar refractivity (Wildman–Crippen MR) is 489 cm³/mol. The van der Waals surface area contributed by atoms with E-state index < -0.39 is 32.7 Å². The number of carbonyl (C=O) groups is 4. The van der Waals surface area contributed by atoms with Gasteiger partial charge in [0, 0.05) is 258 Å². The van der Waals surface area contributed by atoms with E-state index in [-0.39, 0.29) is 72.7 Å². The standard InChI is InChI=1S/C26H36N6O3.C17H24ClN5O.C11H12ClN3O.C11H10ClN3O.C9H13NO2.C6H14N2O.C4H6O4.C2H3BO2.CH4.Mn.Na.2O/c1-18-12-22(13-23(34-4)24(18)35-5)28-26-27-14-19(2)25(29-26)32-15-20(3)21(17-32)16-31-8-6-30(7-9-31)10-11-33;1-13-9-19-17(18)20-16(13)23-10-14(2)15(12-23)11-22-5-3-21(4-6-22)7-8-24;2*1-7-3-13-11(12)14-10(7)15-4-8(2)9(5-15)6-16;1-6-4-7(10)5-8(11-2)9(6)12-3;9-6-5-8-3-1-7-2-4-8;1-3(5)7-8-4(2)6;1-2(4)5-3;;;;;/h12-15,17,33H,6-11,16H2,1-5H3,(H,27,28,29);9-10,12,24H,3-8,11H2,1-2H3;3-5,16H,6H2,1-2H3;3-6H,1-2H3;4-5H,10H2,1-3H3;7,9H,1-6H2;1-2H3;1H3;1H4;;;;/q;;;;;;;-1;;;+1;;. The fourth-order valence-electron chi connectivity index (χ4n) is 13.1. The molecule has 11 heterocycles. The minimum atomic E-state index is -1.44. The van der Waals surface area contributed by atoms with E-state index in [2.05, 4.69) is 136 Å². The van der Waals surface area contributed by atoms with E-state index in [1.165, 1.54) is 29.2 Å². The number of β-amino-alcohol motifs (C(OH)–C–C–N with tert-alkyl or cyclic N) is 3. The van der Waals surface area contributed by atoms with Gasteiger partial charge in [-0.2, -0.15) is 19.9 Å². The summed E-state index contributed by atoms with van der Waals surface area (Å²) in [4.78, 5) is 93.1. The van der Waals surface area contributed by atoms with Crippen LogP contribution in [-0.4, -0.2) is 282 Å². The van der Waals surface area contributed by atoms with Gasteiger partial charge in [-0.1, -0.05) is 7.43 Å². The number of carbonyl (C=O) groups excluding carboxylic acids is 4. The molecule has 0 aliphatic carbocycles. The first kappa shape index (κ1) is 115. The minimum absolute atomic E-state index is 0. The van der Waals surface area contributed by atoms with E-state index in [9.17, 15) is 19.2 Å². The van der Waals surface area contributed by atoms with Gasteiger partial charge < -0.3 is 86.7 Å². The van der Waals surface area contributed by atoms with Gasteiger partial charge in [0.15, 0.2) is 29.3 Å². The Kier molecular flexibility index (Phi) is 53.3. The Bertz CT molecular complexity index is 5180. The van der Waals surface area contributed by atoms with Crippen molar-refractivity contribution in [2.75, 3.05) is 157 Å². The van der Waals surface area contributed by atoms with Gasteiger partial charge in [0.1, 0.15) is 23.3 Å². The van der Waals surface area contributed by atoms with Crippen molar-refractivity contribution in [2.24, 2.45) is 0 Å². The molecule has 2 aromatic carbocycles. The summed E-state index contributed by atoms with van der Waals surface area (Å²) in [6, 6.07) is 7.46. The van der Waals surface area contributed by atoms with Gasteiger partial charge in [-0.05, 0) is 166 Å². The normalized spacial score (nSPS) is 12.9. The van der Waals surface area contributed by atoms with Crippen LogP contribution in [-0.2, 0) is 71.0 Å². The van der Waals surface area contributed by atoms with E-state index in [1.54, 1.807) is 63.9 Å². The summed E-state index contributed by atoms with van der Waals surface area (Å²) in [5.74, 6) is 4.68. The molecule has 43 heteroatoms. The number of hydrogen-bond donors (Lipinski definition) is 7. The van der Waals surface area contributed by atoms with Crippen LogP contribution in [0.4, 0.5) is 17.3 Å². The summed E-state index contributed by atoms with van der Waals surface area (Å²) >= 11 is 16.0. The van der Waals surface area contributed by atoms with Crippen molar-refractivity contribution < 1.29 is 125 Å². The molecule has 8 N–H and O–H groups in total. The van der Waals surface area contributed by atoms with Crippen molar-refractivity contribution in [2.45, 2.75) is 117 Å². The van der Waals surface area contributed by atoms with Crippen LogP contribution in [0, 0.1) is 69.2 Å². The van der Waals surface area contributed by atoms with Crippen molar-refractivity contribution >= 4 is 84.4 Å². The molecule has 13 rings (SSSR count). The van der Waals surface area contributed by atoms with Crippen molar-refractivity contribution in [3.05, 3.63) is 192 Å². The van der Waals surface area contributed by atoms with E-state index >= 15 is 0 Å². The summed E-state index contributed by atoms with van der Waals surface area (Å²) < 4.78 is 49.3. The summed E-state index contributed by atoms with van der Waals surface area (Å²) in [5, 5.41) is 43.1. The average molecular weight is 1920 g/mol. The number of aliphatic hydroxyl groups is 4. The molecule has 704 valence electrons. The second kappa shape index (κ2) is 60.5. The number of nitrogens with zero attached hydrogens (tertiary/aromatic N) is 17. The molecule has 0 atom stereocenters. The molecular weight excluding hydrogens is 1790 g/mol. The Hall–Kier alpha value is -9.59. The molecule has 3 fully saturated rings. The zero-order chi connectivity index (χ0) is 94.7. The second-order valence-corrected chi connectivity index (χ2v) is 30.6. The zero-order valence-electron chi connectivity index (χ0n) is 76.5. The van der Waals surface area contributed by atoms with Crippen molar-refractivity contribution in [1.29, 1.82) is 0 Å². The molecule has 0 amide bonds. The number of hydrogen-bond acceptors (Lipinski definition) is 33. The molecule has 3 aliphatic rings.